The van der Waals surface area contributed by atoms with Gasteiger partial charge in [-0.3, -0.25) is 19.3 Å². The molecule has 1 unspecified atom stereocenters. The van der Waals surface area contributed by atoms with Crippen molar-refractivity contribution in [3.63, 3.8) is 0 Å². The first kappa shape index (κ1) is 22.7. The number of anilines is 1. The Morgan fingerprint density at radius 1 is 1.09 bits per heavy atom. The second-order valence-electron chi connectivity index (χ2n) is 7.81. The highest BCUT2D eigenvalue weighted by Gasteiger charge is 2.35. The van der Waals surface area contributed by atoms with Gasteiger partial charge in [-0.2, -0.15) is 0 Å². The molecule has 2 heterocycles. The minimum absolute atomic E-state index is 0.0591. The molecule has 0 radical (unpaired) electrons. The Balaban J connectivity index is 1.63. The number of hydrogen-bond donors (Lipinski definition) is 2. The summed E-state index contributed by atoms with van der Waals surface area (Å²) in [4.78, 5) is 41.1. The molecule has 9 heteroatoms. The van der Waals surface area contributed by atoms with Gasteiger partial charge in [-0.05, 0) is 60.7 Å². The van der Waals surface area contributed by atoms with Crippen molar-refractivity contribution in [1.82, 2.24) is 10.6 Å². The minimum atomic E-state index is -0.955. The SMILES string of the molecule is O=C(NCC(=O)N(c1ccc(F)cc1)C(C(=O)NC1CCCC1)c1cccs1)c1ccco1. The van der Waals surface area contributed by atoms with Crippen LogP contribution in [0.15, 0.2) is 64.6 Å². The lowest BCUT2D eigenvalue weighted by Crippen LogP contribution is -2.49. The zero-order chi connectivity index (χ0) is 23.2. The zero-order valence-corrected chi connectivity index (χ0v) is 18.6. The van der Waals surface area contributed by atoms with E-state index in [2.05, 4.69) is 10.6 Å². The highest BCUT2D eigenvalue weighted by Crippen LogP contribution is 2.31. The van der Waals surface area contributed by atoms with Gasteiger partial charge in [-0.25, -0.2) is 4.39 Å². The number of nitrogens with one attached hydrogen (secondary N) is 2. The molecule has 0 aliphatic heterocycles. The zero-order valence-electron chi connectivity index (χ0n) is 17.8. The molecule has 3 amide bonds. The van der Waals surface area contributed by atoms with Crippen LogP contribution in [-0.4, -0.2) is 30.3 Å². The van der Waals surface area contributed by atoms with Crippen LogP contribution in [0.2, 0.25) is 0 Å². The molecule has 172 valence electrons. The Labute approximate surface area is 194 Å². The van der Waals surface area contributed by atoms with E-state index >= 15 is 0 Å². The minimum Gasteiger partial charge on any atom is -0.459 e. The molecule has 7 nitrogen and oxygen atoms in total. The first-order chi connectivity index (χ1) is 16.0. The van der Waals surface area contributed by atoms with Crippen LogP contribution in [0, 0.1) is 5.82 Å². The number of amides is 3. The predicted octanol–water partition coefficient (Wildman–Crippen LogP) is 4.04. The highest BCUT2D eigenvalue weighted by molar-refractivity contribution is 7.10. The molecule has 1 saturated carbocycles. The summed E-state index contributed by atoms with van der Waals surface area (Å²) in [6, 6.07) is 11.1. The van der Waals surface area contributed by atoms with Gasteiger partial charge in [0, 0.05) is 16.6 Å². The van der Waals surface area contributed by atoms with Crippen LogP contribution in [-0.2, 0) is 9.59 Å². The summed E-state index contributed by atoms with van der Waals surface area (Å²) in [6.07, 6.45) is 5.25. The number of nitrogens with zero attached hydrogens (tertiary/aromatic N) is 1. The van der Waals surface area contributed by atoms with E-state index in [1.807, 2.05) is 11.4 Å². The van der Waals surface area contributed by atoms with Crippen molar-refractivity contribution in [1.29, 1.82) is 0 Å². The van der Waals surface area contributed by atoms with Crippen LogP contribution in [0.1, 0.15) is 47.2 Å². The first-order valence-corrected chi connectivity index (χ1v) is 11.6. The van der Waals surface area contributed by atoms with E-state index in [-0.39, 0.29) is 24.3 Å². The maximum Gasteiger partial charge on any atom is 0.287 e. The molecule has 0 saturated heterocycles. The monoisotopic (exact) mass is 469 g/mol. The van der Waals surface area contributed by atoms with E-state index in [4.69, 9.17) is 4.42 Å². The fourth-order valence-corrected chi connectivity index (χ4v) is 4.76. The van der Waals surface area contributed by atoms with Crippen molar-refractivity contribution >= 4 is 34.7 Å². The number of carbonyl (C=O) groups is 3. The molecule has 4 rings (SSSR count). The Kier molecular flexibility index (Phi) is 7.19. The number of rotatable bonds is 8. The first-order valence-electron chi connectivity index (χ1n) is 10.8. The molecule has 1 atom stereocenters. The van der Waals surface area contributed by atoms with Crippen molar-refractivity contribution < 1.29 is 23.2 Å². The van der Waals surface area contributed by atoms with Crippen LogP contribution < -0.4 is 15.5 Å². The van der Waals surface area contributed by atoms with E-state index in [0.29, 0.717) is 10.6 Å². The molecule has 1 aromatic carbocycles. The molecular formula is C24H24FN3O4S. The maximum atomic E-state index is 13.6. The average molecular weight is 470 g/mol. The molecule has 33 heavy (non-hydrogen) atoms. The van der Waals surface area contributed by atoms with Crippen LogP contribution in [0.5, 0.6) is 0 Å². The van der Waals surface area contributed by atoms with Gasteiger partial charge < -0.3 is 15.1 Å². The number of benzene rings is 1. The topological polar surface area (TPSA) is 91.7 Å². The summed E-state index contributed by atoms with van der Waals surface area (Å²) in [5, 5.41) is 7.43. The molecule has 0 spiro atoms. The Morgan fingerprint density at radius 3 is 2.48 bits per heavy atom. The number of hydrogen-bond acceptors (Lipinski definition) is 5. The second kappa shape index (κ2) is 10.4. The average Bonchev–Trinajstić information content (AvgIpc) is 3.60. The second-order valence-corrected chi connectivity index (χ2v) is 8.79. The van der Waals surface area contributed by atoms with Crippen LogP contribution in [0.25, 0.3) is 0 Å². The lowest BCUT2D eigenvalue weighted by atomic mass is 10.1. The maximum absolute atomic E-state index is 13.6. The number of furan rings is 1. The Hall–Kier alpha value is -3.46. The quantitative estimate of drug-likeness (QED) is 0.521. The molecule has 1 aliphatic carbocycles. The van der Waals surface area contributed by atoms with Crippen molar-refractivity contribution in [3.05, 3.63) is 76.6 Å². The summed E-state index contributed by atoms with van der Waals surface area (Å²) in [5.41, 5.74) is 0.355. The predicted molar refractivity (Wildman–Crippen MR) is 122 cm³/mol. The van der Waals surface area contributed by atoms with E-state index in [1.165, 1.54) is 52.8 Å². The standard InChI is InChI=1S/C24H24FN3O4S/c25-16-9-11-18(12-10-16)28(21(29)15-26-23(30)19-7-3-13-32-19)22(20-8-4-14-33-20)24(31)27-17-5-1-2-6-17/h3-4,7-14,17,22H,1-2,5-6,15H2,(H,26,30)(H,27,31). The normalized spacial score (nSPS) is 14.6. The lowest BCUT2D eigenvalue weighted by Gasteiger charge is -2.31. The Morgan fingerprint density at radius 2 is 1.85 bits per heavy atom. The largest absolute Gasteiger partial charge is 0.459 e. The fraction of sp³-hybridized carbons (Fsp3) is 0.292. The smallest absolute Gasteiger partial charge is 0.287 e. The van der Waals surface area contributed by atoms with Gasteiger partial charge in [0.05, 0.1) is 12.8 Å². The van der Waals surface area contributed by atoms with Gasteiger partial charge >= 0.3 is 0 Å². The third-order valence-corrected chi connectivity index (χ3v) is 6.46. The number of carbonyl (C=O) groups excluding carboxylic acids is 3. The van der Waals surface area contributed by atoms with Crippen LogP contribution in [0.4, 0.5) is 10.1 Å². The summed E-state index contributed by atoms with van der Waals surface area (Å²) in [7, 11) is 0. The number of thiophene rings is 1. The van der Waals surface area contributed by atoms with E-state index in [1.54, 1.807) is 12.1 Å². The number of halogens is 1. The van der Waals surface area contributed by atoms with Crippen molar-refractivity contribution in [2.24, 2.45) is 0 Å². The molecule has 3 aromatic rings. The van der Waals surface area contributed by atoms with Gasteiger partial charge in [-0.15, -0.1) is 11.3 Å². The summed E-state index contributed by atoms with van der Waals surface area (Å²) in [5.74, 6) is -1.75. The van der Waals surface area contributed by atoms with Gasteiger partial charge in [0.1, 0.15) is 11.9 Å². The van der Waals surface area contributed by atoms with Crippen LogP contribution >= 0.6 is 11.3 Å². The van der Waals surface area contributed by atoms with Gasteiger partial charge in [-0.1, -0.05) is 18.9 Å². The molecule has 1 fully saturated rings. The van der Waals surface area contributed by atoms with E-state index < -0.39 is 23.7 Å². The molecule has 2 aromatic heterocycles. The van der Waals surface area contributed by atoms with Gasteiger partial charge in [0.25, 0.3) is 5.91 Å². The van der Waals surface area contributed by atoms with Gasteiger partial charge in [0.15, 0.2) is 5.76 Å². The Bertz CT molecular complexity index is 1080. The van der Waals surface area contributed by atoms with Crippen molar-refractivity contribution in [2.45, 2.75) is 37.8 Å². The third kappa shape index (κ3) is 5.48. The van der Waals surface area contributed by atoms with E-state index in [9.17, 15) is 18.8 Å². The molecule has 1 aliphatic rings. The summed E-state index contributed by atoms with van der Waals surface area (Å²) in [6.45, 7) is -0.366. The van der Waals surface area contributed by atoms with Crippen molar-refractivity contribution in [3.8, 4) is 0 Å². The molecule has 0 bridgehead atoms. The van der Waals surface area contributed by atoms with E-state index in [0.717, 1.165) is 25.7 Å². The van der Waals surface area contributed by atoms with Crippen molar-refractivity contribution in [2.75, 3.05) is 11.4 Å². The lowest BCUT2D eigenvalue weighted by molar-refractivity contribution is -0.126. The third-order valence-electron chi connectivity index (χ3n) is 5.54. The molecular weight excluding hydrogens is 445 g/mol. The fourth-order valence-electron chi connectivity index (χ4n) is 3.95. The summed E-state index contributed by atoms with van der Waals surface area (Å²) >= 11 is 1.35. The van der Waals surface area contributed by atoms with Gasteiger partial charge in [0.2, 0.25) is 11.8 Å². The highest BCUT2D eigenvalue weighted by atomic mass is 32.1. The molecule has 2 N–H and O–H groups in total. The van der Waals surface area contributed by atoms with Crippen LogP contribution in [0.3, 0.4) is 0 Å². The summed E-state index contributed by atoms with van der Waals surface area (Å²) < 4.78 is 18.7.